The van der Waals surface area contributed by atoms with Crippen molar-refractivity contribution in [2.75, 3.05) is 6.61 Å². The fourth-order valence-corrected chi connectivity index (χ4v) is 12.8. The summed E-state index contributed by atoms with van der Waals surface area (Å²) in [5.74, 6) is 0.817. The highest BCUT2D eigenvalue weighted by Crippen LogP contribution is 2.72. The molecule has 4 saturated carbocycles. The van der Waals surface area contributed by atoms with Gasteiger partial charge >= 0.3 is 5.97 Å². The zero-order valence-electron chi connectivity index (χ0n) is 31.7. The molecule has 7 aliphatic rings. The molecule has 2 heterocycles. The molecule has 51 heavy (non-hydrogen) atoms. The Kier molecular flexibility index (Phi) is 9.70. The number of aliphatic carboxylic acids is 1. The number of hydrogen-bond donors (Lipinski definition) is 6. The van der Waals surface area contributed by atoms with Crippen molar-refractivity contribution in [1.29, 1.82) is 0 Å². The lowest BCUT2D eigenvalue weighted by atomic mass is 9.38. The van der Waals surface area contributed by atoms with Crippen molar-refractivity contribution < 1.29 is 54.4 Å². The first-order valence-corrected chi connectivity index (χ1v) is 19.7. The van der Waals surface area contributed by atoms with Crippen molar-refractivity contribution in [2.45, 2.75) is 174 Å². The quantitative estimate of drug-likeness (QED) is 0.178. The fourth-order valence-electron chi connectivity index (χ4n) is 12.8. The third-order valence-electron chi connectivity index (χ3n) is 16.0. The molecule has 5 aliphatic carbocycles. The van der Waals surface area contributed by atoms with Crippen LogP contribution in [0.15, 0.2) is 11.6 Å². The molecule has 4 unspecified atom stereocenters. The zero-order chi connectivity index (χ0) is 37.1. The van der Waals surface area contributed by atoms with E-state index in [1.165, 1.54) is 5.57 Å². The van der Waals surface area contributed by atoms with Gasteiger partial charge in [0.1, 0.15) is 36.6 Å². The van der Waals surface area contributed by atoms with E-state index in [0.717, 1.165) is 64.2 Å². The van der Waals surface area contributed by atoms with Crippen LogP contribution in [0.1, 0.15) is 113 Å². The standard InChI is InChI=1S/C40H64O11/c1-20-28(42)30(44)31(45)33(49-20)51-32-29(43)25(41)19-48-34(32)50-27-12-13-39(7)22-8-9-23-24-18-36(2,3)14-16-40(24,35(46)47)17-15-38(23,6)21(22)10-11-26(39)37(27,4)5/h9,20-22,24-34,41-45H,8,10-19H2,1-7H3,(H,46,47)/t20-,21?,22?,24?,25+,26?,27-,28-,29-,30+,31+,32-,33-,34-,38-,39+,40-/m0/s1. The Bertz CT molecular complexity index is 1370. The minimum Gasteiger partial charge on any atom is -0.481 e. The number of carboxylic acids is 1. The van der Waals surface area contributed by atoms with E-state index in [-0.39, 0.29) is 40.3 Å². The molecule has 0 amide bonds. The Labute approximate surface area is 303 Å². The van der Waals surface area contributed by atoms with E-state index in [2.05, 4.69) is 47.6 Å². The average molecular weight is 721 g/mol. The molecule has 0 spiro atoms. The number of allylic oxidation sites excluding steroid dienone is 2. The van der Waals surface area contributed by atoms with E-state index in [9.17, 15) is 35.4 Å². The molecule has 0 aromatic carbocycles. The van der Waals surface area contributed by atoms with Gasteiger partial charge in [-0.15, -0.1) is 0 Å². The van der Waals surface area contributed by atoms with Crippen molar-refractivity contribution in [2.24, 2.45) is 50.7 Å². The summed E-state index contributed by atoms with van der Waals surface area (Å²) in [4.78, 5) is 13.0. The number of carboxylic acid groups (broad SMARTS) is 1. The molecule has 0 aromatic heterocycles. The Morgan fingerprint density at radius 2 is 1.51 bits per heavy atom. The van der Waals surface area contributed by atoms with E-state index in [4.69, 9.17) is 18.9 Å². The van der Waals surface area contributed by atoms with E-state index in [1.54, 1.807) is 6.92 Å². The van der Waals surface area contributed by atoms with Crippen LogP contribution in [0.2, 0.25) is 0 Å². The number of carbonyl (C=O) groups is 1. The third-order valence-corrected chi connectivity index (χ3v) is 16.0. The number of aliphatic hydroxyl groups is 5. The molecule has 2 saturated heterocycles. The zero-order valence-corrected chi connectivity index (χ0v) is 31.7. The highest BCUT2D eigenvalue weighted by molar-refractivity contribution is 5.76. The van der Waals surface area contributed by atoms with E-state index in [1.807, 2.05) is 0 Å². The minimum absolute atomic E-state index is 0.00420. The largest absolute Gasteiger partial charge is 0.481 e. The summed E-state index contributed by atoms with van der Waals surface area (Å²) in [6.45, 7) is 15.5. The molecule has 11 nitrogen and oxygen atoms in total. The van der Waals surface area contributed by atoms with Crippen LogP contribution in [-0.4, -0.2) is 105 Å². The highest BCUT2D eigenvalue weighted by atomic mass is 16.8. The van der Waals surface area contributed by atoms with Gasteiger partial charge in [0.05, 0.1) is 24.2 Å². The second-order valence-electron chi connectivity index (χ2n) is 19.6. The lowest BCUT2D eigenvalue weighted by molar-refractivity contribution is -0.364. The van der Waals surface area contributed by atoms with Crippen LogP contribution in [0.5, 0.6) is 0 Å². The van der Waals surface area contributed by atoms with Gasteiger partial charge in [-0.1, -0.05) is 53.2 Å². The summed E-state index contributed by atoms with van der Waals surface area (Å²) in [7, 11) is 0. The van der Waals surface area contributed by atoms with Crippen LogP contribution in [0, 0.1) is 50.7 Å². The van der Waals surface area contributed by atoms with Gasteiger partial charge in [-0.2, -0.15) is 0 Å². The number of hydrogen-bond acceptors (Lipinski definition) is 10. The van der Waals surface area contributed by atoms with Crippen molar-refractivity contribution in [3.8, 4) is 0 Å². The average Bonchev–Trinajstić information content (AvgIpc) is 3.06. The predicted octanol–water partition coefficient (Wildman–Crippen LogP) is 4.16. The molecular weight excluding hydrogens is 656 g/mol. The van der Waals surface area contributed by atoms with Gasteiger partial charge in [-0.25, -0.2) is 0 Å². The Morgan fingerprint density at radius 3 is 2.22 bits per heavy atom. The Hall–Kier alpha value is -1.15. The highest BCUT2D eigenvalue weighted by Gasteiger charge is 2.66. The van der Waals surface area contributed by atoms with Crippen LogP contribution in [-0.2, 0) is 23.7 Å². The van der Waals surface area contributed by atoms with Crippen LogP contribution < -0.4 is 0 Å². The lowest BCUT2D eigenvalue weighted by Crippen LogP contribution is -2.64. The molecule has 0 radical (unpaired) electrons. The third kappa shape index (κ3) is 5.90. The lowest BCUT2D eigenvalue weighted by Gasteiger charge is -2.67. The maximum atomic E-state index is 13.0. The van der Waals surface area contributed by atoms with Gasteiger partial charge in [-0.3, -0.25) is 4.79 Å². The normalized spacial score (nSPS) is 53.5. The second-order valence-corrected chi connectivity index (χ2v) is 19.6. The SMILES string of the molecule is C[C@@H]1O[C@@H](O[C@@H]2[C@H](O[C@H]3CC[C@]4(C)C5CC=C6C7CC(C)(C)CC[C@]7(C(=O)O)CC[C@@]6(C)C5CCC4C3(C)C)OC[C@@H](O)[C@@H]2O)[C@H](O)[C@H](O)[C@H]1O. The van der Waals surface area contributed by atoms with Gasteiger partial charge in [0.2, 0.25) is 0 Å². The molecule has 6 fully saturated rings. The summed E-state index contributed by atoms with van der Waals surface area (Å²) in [6.07, 6.45) is -0.0449. The van der Waals surface area contributed by atoms with E-state index >= 15 is 0 Å². The molecule has 0 bridgehead atoms. The molecular formula is C40H64O11. The molecule has 7 rings (SSSR count). The number of ether oxygens (including phenoxy) is 4. The molecule has 11 heteroatoms. The first-order valence-electron chi connectivity index (χ1n) is 19.7. The van der Waals surface area contributed by atoms with Gasteiger partial charge in [0.15, 0.2) is 12.6 Å². The summed E-state index contributed by atoms with van der Waals surface area (Å²) >= 11 is 0. The van der Waals surface area contributed by atoms with Crippen LogP contribution in [0.4, 0.5) is 0 Å². The first-order chi connectivity index (χ1) is 23.8. The number of rotatable bonds is 5. The summed E-state index contributed by atoms with van der Waals surface area (Å²) in [5.41, 5.74) is 0.711. The Balaban J connectivity index is 1.11. The van der Waals surface area contributed by atoms with Crippen LogP contribution in [0.25, 0.3) is 0 Å². The predicted molar refractivity (Wildman–Crippen MR) is 186 cm³/mol. The van der Waals surface area contributed by atoms with Gasteiger partial charge in [-0.05, 0) is 116 Å². The summed E-state index contributed by atoms with van der Waals surface area (Å²) < 4.78 is 24.4. The maximum absolute atomic E-state index is 13.0. The monoisotopic (exact) mass is 720 g/mol. The second kappa shape index (κ2) is 13.0. The molecule has 6 N–H and O–H groups in total. The first kappa shape index (κ1) is 38.1. The maximum Gasteiger partial charge on any atom is 0.310 e. The van der Waals surface area contributed by atoms with E-state index < -0.39 is 66.7 Å². The summed E-state index contributed by atoms with van der Waals surface area (Å²) in [5, 5.41) is 63.4. The molecule has 17 atom stereocenters. The summed E-state index contributed by atoms with van der Waals surface area (Å²) in [6, 6.07) is 0. The number of aliphatic hydroxyl groups excluding tert-OH is 5. The molecule has 2 aliphatic heterocycles. The van der Waals surface area contributed by atoms with Crippen LogP contribution >= 0.6 is 0 Å². The van der Waals surface area contributed by atoms with Crippen molar-refractivity contribution >= 4 is 5.97 Å². The van der Waals surface area contributed by atoms with Gasteiger partial charge in [0.25, 0.3) is 0 Å². The molecule has 290 valence electrons. The topological polar surface area (TPSA) is 175 Å². The Morgan fingerprint density at radius 1 is 0.804 bits per heavy atom. The molecule has 0 aromatic rings. The van der Waals surface area contributed by atoms with Crippen LogP contribution in [0.3, 0.4) is 0 Å². The smallest absolute Gasteiger partial charge is 0.310 e. The fraction of sp³-hybridized carbons (Fsp3) is 0.925. The van der Waals surface area contributed by atoms with Gasteiger partial charge < -0.3 is 49.6 Å². The van der Waals surface area contributed by atoms with E-state index in [0.29, 0.717) is 17.8 Å². The van der Waals surface area contributed by atoms with Crippen molar-refractivity contribution in [3.05, 3.63) is 11.6 Å². The van der Waals surface area contributed by atoms with Crippen molar-refractivity contribution in [3.63, 3.8) is 0 Å². The minimum atomic E-state index is -1.58. The van der Waals surface area contributed by atoms with Gasteiger partial charge in [0, 0.05) is 0 Å². The van der Waals surface area contributed by atoms with Crippen molar-refractivity contribution in [1.82, 2.24) is 0 Å². The number of fused-ring (bicyclic) bond motifs is 7.